The van der Waals surface area contributed by atoms with Gasteiger partial charge in [-0.3, -0.25) is 0 Å². The van der Waals surface area contributed by atoms with Gasteiger partial charge in [0.05, 0.1) is 5.56 Å². The van der Waals surface area contributed by atoms with Crippen molar-refractivity contribution in [2.24, 2.45) is 0 Å². The molecule has 0 atom stereocenters. The molecule has 0 radical (unpaired) electrons. The summed E-state index contributed by atoms with van der Waals surface area (Å²) in [5.41, 5.74) is -0.566. The molecule has 1 N–H and O–H groups in total. The van der Waals surface area contributed by atoms with E-state index < -0.39 is 34.7 Å². The highest BCUT2D eigenvalue weighted by atomic mass is 79.9. The zero-order chi connectivity index (χ0) is 14.9. The summed E-state index contributed by atoms with van der Waals surface area (Å²) in [7, 11) is 0. The van der Waals surface area contributed by atoms with Crippen molar-refractivity contribution >= 4 is 21.9 Å². The molecule has 0 saturated heterocycles. The Morgan fingerprint density at radius 2 is 1.65 bits per heavy atom. The Labute approximate surface area is 119 Å². The Hall–Kier alpha value is -2.02. The van der Waals surface area contributed by atoms with E-state index in [0.29, 0.717) is 16.6 Å². The number of carbonyl (C=O) groups is 1. The van der Waals surface area contributed by atoms with Gasteiger partial charge in [-0.15, -0.1) is 0 Å². The van der Waals surface area contributed by atoms with Gasteiger partial charge in [0, 0.05) is 4.47 Å². The maximum absolute atomic E-state index is 13.6. The Morgan fingerprint density at radius 1 is 1.05 bits per heavy atom. The first kappa shape index (κ1) is 14.4. The normalized spacial score (nSPS) is 10.4. The monoisotopic (exact) mass is 346 g/mol. The van der Waals surface area contributed by atoms with Gasteiger partial charge in [0.15, 0.2) is 29.0 Å². The van der Waals surface area contributed by atoms with Crippen molar-refractivity contribution in [3.05, 3.63) is 57.8 Å². The molecule has 3 nitrogen and oxygen atoms in total. The molecule has 2 aromatic carbocycles. The predicted molar refractivity (Wildman–Crippen MR) is 67.5 cm³/mol. The second-order valence-corrected chi connectivity index (χ2v) is 4.67. The molecule has 0 aromatic heterocycles. The zero-order valence-corrected chi connectivity index (χ0v) is 11.2. The lowest BCUT2D eigenvalue weighted by Gasteiger charge is -2.09. The number of ether oxygens (including phenoxy) is 1. The van der Waals surface area contributed by atoms with E-state index in [1.807, 2.05) is 0 Å². The lowest BCUT2D eigenvalue weighted by atomic mass is 10.2. The first-order chi connectivity index (χ1) is 9.38. The van der Waals surface area contributed by atoms with Gasteiger partial charge in [-0.2, -0.15) is 0 Å². The summed E-state index contributed by atoms with van der Waals surface area (Å²) in [6.45, 7) is 0. The van der Waals surface area contributed by atoms with E-state index in [-0.39, 0.29) is 5.75 Å². The first-order valence-electron chi connectivity index (χ1n) is 5.23. The number of hydrogen-bond donors (Lipinski definition) is 1. The molecule has 0 bridgehead atoms. The van der Waals surface area contributed by atoms with Crippen molar-refractivity contribution < 1.29 is 27.8 Å². The molecule has 2 rings (SSSR count). The number of hydrogen-bond acceptors (Lipinski definition) is 2. The van der Waals surface area contributed by atoms with E-state index in [1.54, 1.807) is 0 Å². The van der Waals surface area contributed by atoms with Crippen LogP contribution in [-0.4, -0.2) is 11.1 Å². The van der Waals surface area contributed by atoms with E-state index in [2.05, 4.69) is 15.9 Å². The van der Waals surface area contributed by atoms with Crippen LogP contribution in [0.1, 0.15) is 10.4 Å². The molecule has 0 spiro atoms. The average Bonchev–Trinajstić information content (AvgIpc) is 2.35. The fourth-order valence-electron chi connectivity index (χ4n) is 1.45. The van der Waals surface area contributed by atoms with E-state index in [0.717, 1.165) is 6.07 Å². The van der Waals surface area contributed by atoms with Crippen LogP contribution in [0.2, 0.25) is 0 Å². The van der Waals surface area contributed by atoms with Gasteiger partial charge in [-0.05, 0) is 30.3 Å². The van der Waals surface area contributed by atoms with Gasteiger partial charge in [-0.1, -0.05) is 15.9 Å². The van der Waals surface area contributed by atoms with E-state index in [9.17, 15) is 18.0 Å². The highest BCUT2D eigenvalue weighted by Gasteiger charge is 2.18. The predicted octanol–water partition coefficient (Wildman–Crippen LogP) is 4.36. The molecule has 0 aliphatic rings. The smallest absolute Gasteiger partial charge is 0.335 e. The molecule has 2 aromatic rings. The van der Waals surface area contributed by atoms with E-state index >= 15 is 0 Å². The fourth-order valence-corrected chi connectivity index (χ4v) is 1.78. The van der Waals surface area contributed by atoms with Crippen LogP contribution >= 0.6 is 15.9 Å². The van der Waals surface area contributed by atoms with Crippen LogP contribution in [0.4, 0.5) is 13.2 Å². The second kappa shape index (κ2) is 5.54. The van der Waals surface area contributed by atoms with Crippen molar-refractivity contribution in [3.8, 4) is 11.5 Å². The van der Waals surface area contributed by atoms with Crippen LogP contribution < -0.4 is 4.74 Å². The van der Waals surface area contributed by atoms with Gasteiger partial charge >= 0.3 is 5.97 Å². The summed E-state index contributed by atoms with van der Waals surface area (Å²) >= 11 is 3.03. The van der Waals surface area contributed by atoms with Gasteiger partial charge in [-0.25, -0.2) is 18.0 Å². The largest absolute Gasteiger partial charge is 0.478 e. The number of benzene rings is 2. The summed E-state index contributed by atoms with van der Waals surface area (Å²) in [5, 5.41) is 8.65. The van der Waals surface area contributed by atoms with E-state index in [4.69, 9.17) is 9.84 Å². The average molecular weight is 347 g/mol. The summed E-state index contributed by atoms with van der Waals surface area (Å²) in [6.07, 6.45) is 0. The molecular formula is C13H6BrF3O3. The standard InChI is InChI=1S/C13H6BrF3O3/c14-7-1-2-11(8(15)5-7)20-12-9(16)3-6(13(18)19)4-10(12)17/h1-5H,(H,18,19). The van der Waals surface area contributed by atoms with E-state index in [1.165, 1.54) is 12.1 Å². The summed E-state index contributed by atoms with van der Waals surface area (Å²) in [5.74, 6) is -6.01. The fraction of sp³-hybridized carbons (Fsp3) is 0. The van der Waals surface area contributed by atoms with Crippen LogP contribution in [0, 0.1) is 17.5 Å². The highest BCUT2D eigenvalue weighted by Crippen LogP contribution is 2.31. The molecular weight excluding hydrogens is 341 g/mol. The third kappa shape index (κ3) is 2.93. The Kier molecular flexibility index (Phi) is 3.99. The maximum atomic E-state index is 13.6. The molecule has 104 valence electrons. The SMILES string of the molecule is O=C(O)c1cc(F)c(Oc2ccc(Br)cc2F)c(F)c1. The minimum absolute atomic E-state index is 0.380. The minimum atomic E-state index is -1.48. The van der Waals surface area contributed by atoms with Crippen molar-refractivity contribution in [3.63, 3.8) is 0 Å². The first-order valence-corrected chi connectivity index (χ1v) is 6.03. The van der Waals surface area contributed by atoms with Gasteiger partial charge in [0.2, 0.25) is 0 Å². The van der Waals surface area contributed by atoms with Crippen molar-refractivity contribution in [2.45, 2.75) is 0 Å². The quantitative estimate of drug-likeness (QED) is 0.898. The van der Waals surface area contributed by atoms with Crippen molar-refractivity contribution in [2.75, 3.05) is 0 Å². The van der Waals surface area contributed by atoms with Gasteiger partial charge in [0.25, 0.3) is 0 Å². The molecule has 0 heterocycles. The lowest BCUT2D eigenvalue weighted by molar-refractivity contribution is 0.0695. The van der Waals surface area contributed by atoms with Gasteiger partial charge < -0.3 is 9.84 Å². The Balaban J connectivity index is 2.41. The molecule has 0 fully saturated rings. The Morgan fingerprint density at radius 3 is 2.15 bits per heavy atom. The van der Waals surface area contributed by atoms with Crippen LogP contribution in [0.25, 0.3) is 0 Å². The number of halogens is 4. The minimum Gasteiger partial charge on any atom is -0.478 e. The summed E-state index contributed by atoms with van der Waals surface area (Å²) < 4.78 is 46.0. The van der Waals surface area contributed by atoms with Crippen LogP contribution in [0.5, 0.6) is 11.5 Å². The van der Waals surface area contributed by atoms with Gasteiger partial charge in [0.1, 0.15) is 0 Å². The molecule has 7 heteroatoms. The second-order valence-electron chi connectivity index (χ2n) is 3.75. The highest BCUT2D eigenvalue weighted by molar-refractivity contribution is 9.10. The van der Waals surface area contributed by atoms with Crippen LogP contribution in [0.15, 0.2) is 34.8 Å². The lowest BCUT2D eigenvalue weighted by Crippen LogP contribution is -2.01. The third-order valence-electron chi connectivity index (χ3n) is 2.35. The molecule has 0 aliphatic heterocycles. The summed E-state index contributed by atoms with van der Waals surface area (Å²) in [4.78, 5) is 10.6. The molecule has 0 saturated carbocycles. The maximum Gasteiger partial charge on any atom is 0.335 e. The van der Waals surface area contributed by atoms with Crippen LogP contribution in [0.3, 0.4) is 0 Å². The number of carboxylic acid groups (broad SMARTS) is 1. The zero-order valence-electron chi connectivity index (χ0n) is 9.66. The molecule has 0 amide bonds. The number of aromatic carboxylic acids is 1. The molecule has 0 aliphatic carbocycles. The topological polar surface area (TPSA) is 46.5 Å². The summed E-state index contributed by atoms with van der Waals surface area (Å²) in [6, 6.07) is 4.87. The Bertz CT molecular complexity index is 666. The van der Waals surface area contributed by atoms with Crippen molar-refractivity contribution in [1.82, 2.24) is 0 Å². The number of carboxylic acids is 1. The molecule has 20 heavy (non-hydrogen) atoms. The molecule has 0 unspecified atom stereocenters. The van der Waals surface area contributed by atoms with Crippen LogP contribution in [-0.2, 0) is 0 Å². The van der Waals surface area contributed by atoms with Crippen molar-refractivity contribution in [1.29, 1.82) is 0 Å². The number of rotatable bonds is 3. The third-order valence-corrected chi connectivity index (χ3v) is 2.84.